The molecule has 0 spiro atoms. The summed E-state index contributed by atoms with van der Waals surface area (Å²) in [5.74, 6) is 0.307. The van der Waals surface area contributed by atoms with E-state index in [0.717, 1.165) is 24.9 Å². The third-order valence-electron chi connectivity index (χ3n) is 5.07. The first kappa shape index (κ1) is 14.2. The third kappa shape index (κ3) is 2.65. The molecule has 3 heterocycles. The average molecular weight is 304 g/mol. The first-order valence-corrected chi connectivity index (χ1v) is 8.37. The first-order chi connectivity index (χ1) is 10.7. The number of ether oxygens (including phenoxy) is 1. The van der Waals surface area contributed by atoms with Gasteiger partial charge in [0.25, 0.3) is 0 Å². The zero-order valence-corrected chi connectivity index (χ0v) is 13.1. The highest BCUT2D eigenvalue weighted by molar-refractivity contribution is 5.82. The molecule has 2 unspecified atom stereocenters. The van der Waals surface area contributed by atoms with Crippen LogP contribution in [0.15, 0.2) is 12.4 Å². The number of rotatable bonds is 3. The summed E-state index contributed by atoms with van der Waals surface area (Å²) in [6.07, 6.45) is 8.49. The Balaban J connectivity index is 1.44. The minimum Gasteiger partial charge on any atom is -0.370 e. The van der Waals surface area contributed by atoms with E-state index in [1.807, 2.05) is 24.3 Å². The molecule has 0 N–H and O–H groups in total. The SMILES string of the molecule is Cn1cc(C2CN(C(=O)C3CCCN3C3CC3)CCO2)cn1. The molecule has 0 aromatic carbocycles. The second kappa shape index (κ2) is 5.66. The topological polar surface area (TPSA) is 50.6 Å². The Morgan fingerprint density at radius 1 is 1.32 bits per heavy atom. The molecule has 1 amide bonds. The van der Waals surface area contributed by atoms with Crippen LogP contribution < -0.4 is 0 Å². The Hall–Kier alpha value is -1.40. The number of amides is 1. The van der Waals surface area contributed by atoms with Crippen LogP contribution in [0.25, 0.3) is 0 Å². The molecule has 22 heavy (non-hydrogen) atoms. The molecular formula is C16H24N4O2. The third-order valence-corrected chi connectivity index (χ3v) is 5.07. The highest BCUT2D eigenvalue weighted by atomic mass is 16.5. The second-order valence-corrected chi connectivity index (χ2v) is 6.72. The summed E-state index contributed by atoms with van der Waals surface area (Å²) in [5, 5.41) is 4.21. The lowest BCUT2D eigenvalue weighted by Crippen LogP contribution is -2.50. The number of aromatic nitrogens is 2. The molecule has 4 rings (SSSR count). The van der Waals surface area contributed by atoms with Gasteiger partial charge in [-0.25, -0.2) is 0 Å². The maximum atomic E-state index is 12.9. The molecule has 2 aliphatic heterocycles. The molecule has 1 saturated carbocycles. The van der Waals surface area contributed by atoms with Crippen molar-refractivity contribution >= 4 is 5.91 Å². The van der Waals surface area contributed by atoms with E-state index in [0.29, 0.717) is 31.6 Å². The van der Waals surface area contributed by atoms with E-state index >= 15 is 0 Å². The minimum absolute atomic E-state index is 0.0396. The van der Waals surface area contributed by atoms with Gasteiger partial charge >= 0.3 is 0 Å². The normalized spacial score (nSPS) is 30.0. The Kier molecular flexibility index (Phi) is 3.66. The van der Waals surface area contributed by atoms with Crippen molar-refractivity contribution in [1.82, 2.24) is 19.6 Å². The lowest BCUT2D eigenvalue weighted by atomic mass is 10.1. The minimum atomic E-state index is -0.0396. The van der Waals surface area contributed by atoms with Crippen molar-refractivity contribution in [3.8, 4) is 0 Å². The number of hydrogen-bond donors (Lipinski definition) is 0. The summed E-state index contributed by atoms with van der Waals surface area (Å²) in [6, 6.07) is 0.784. The summed E-state index contributed by atoms with van der Waals surface area (Å²) in [5.41, 5.74) is 1.06. The molecule has 6 heteroatoms. The molecule has 0 bridgehead atoms. The van der Waals surface area contributed by atoms with E-state index in [9.17, 15) is 4.79 Å². The van der Waals surface area contributed by atoms with Crippen LogP contribution >= 0.6 is 0 Å². The zero-order valence-electron chi connectivity index (χ0n) is 13.1. The van der Waals surface area contributed by atoms with Crippen LogP contribution in [0.1, 0.15) is 37.4 Å². The highest BCUT2D eigenvalue weighted by Crippen LogP contribution is 2.34. The molecular weight excluding hydrogens is 280 g/mol. The van der Waals surface area contributed by atoms with E-state index in [4.69, 9.17) is 4.74 Å². The van der Waals surface area contributed by atoms with Gasteiger partial charge in [-0.15, -0.1) is 0 Å². The predicted octanol–water partition coefficient (Wildman–Crippen LogP) is 0.947. The van der Waals surface area contributed by atoms with Crippen LogP contribution in [0.3, 0.4) is 0 Å². The van der Waals surface area contributed by atoms with Crippen molar-refractivity contribution in [2.24, 2.45) is 7.05 Å². The van der Waals surface area contributed by atoms with Crippen molar-refractivity contribution in [1.29, 1.82) is 0 Å². The van der Waals surface area contributed by atoms with E-state index < -0.39 is 0 Å². The number of hydrogen-bond acceptors (Lipinski definition) is 4. The van der Waals surface area contributed by atoms with Crippen molar-refractivity contribution in [3.05, 3.63) is 18.0 Å². The lowest BCUT2D eigenvalue weighted by molar-refractivity contribution is -0.144. The van der Waals surface area contributed by atoms with Crippen molar-refractivity contribution in [2.75, 3.05) is 26.2 Å². The average Bonchev–Trinajstić information content (AvgIpc) is 3.10. The standard InChI is InChI=1S/C16H24N4O2/c1-18-10-12(9-17-18)15-11-19(7-8-22-15)16(21)14-3-2-6-20(14)13-4-5-13/h9-10,13-15H,2-8,11H2,1H3. The van der Waals surface area contributed by atoms with Gasteiger partial charge in [-0.3, -0.25) is 14.4 Å². The zero-order chi connectivity index (χ0) is 15.1. The van der Waals surface area contributed by atoms with Gasteiger partial charge < -0.3 is 9.64 Å². The van der Waals surface area contributed by atoms with Crippen LogP contribution in [0.5, 0.6) is 0 Å². The van der Waals surface area contributed by atoms with Gasteiger partial charge in [-0.05, 0) is 32.2 Å². The smallest absolute Gasteiger partial charge is 0.240 e. The number of aryl methyl sites for hydroxylation is 1. The molecule has 120 valence electrons. The molecule has 0 radical (unpaired) electrons. The largest absolute Gasteiger partial charge is 0.370 e. The van der Waals surface area contributed by atoms with Crippen LogP contribution in [0.4, 0.5) is 0 Å². The number of likely N-dealkylation sites (tertiary alicyclic amines) is 1. The van der Waals surface area contributed by atoms with E-state index in [2.05, 4.69) is 10.00 Å². The van der Waals surface area contributed by atoms with Crippen LogP contribution in [0, 0.1) is 0 Å². The van der Waals surface area contributed by atoms with Crippen molar-refractivity contribution in [3.63, 3.8) is 0 Å². The number of morpholine rings is 1. The highest BCUT2D eigenvalue weighted by Gasteiger charge is 2.42. The molecule has 1 aromatic rings. The lowest BCUT2D eigenvalue weighted by Gasteiger charge is -2.36. The summed E-state index contributed by atoms with van der Waals surface area (Å²) < 4.78 is 7.63. The summed E-state index contributed by atoms with van der Waals surface area (Å²) >= 11 is 0. The number of nitrogens with zero attached hydrogens (tertiary/aromatic N) is 4. The Morgan fingerprint density at radius 2 is 2.18 bits per heavy atom. The fraction of sp³-hybridized carbons (Fsp3) is 0.750. The molecule has 2 saturated heterocycles. The van der Waals surface area contributed by atoms with E-state index in [-0.39, 0.29) is 12.1 Å². The summed E-state index contributed by atoms with van der Waals surface area (Å²) in [6.45, 7) is 3.07. The van der Waals surface area contributed by atoms with Gasteiger partial charge in [-0.2, -0.15) is 5.10 Å². The fourth-order valence-corrected chi connectivity index (χ4v) is 3.77. The van der Waals surface area contributed by atoms with Crippen LogP contribution in [-0.2, 0) is 16.6 Å². The van der Waals surface area contributed by atoms with Gasteiger partial charge in [0.1, 0.15) is 6.10 Å². The van der Waals surface area contributed by atoms with Crippen molar-refractivity contribution in [2.45, 2.75) is 43.9 Å². The monoisotopic (exact) mass is 304 g/mol. The quantitative estimate of drug-likeness (QED) is 0.834. The fourth-order valence-electron chi connectivity index (χ4n) is 3.77. The number of carbonyl (C=O) groups excluding carboxylic acids is 1. The Bertz CT molecular complexity index is 554. The van der Waals surface area contributed by atoms with E-state index in [1.54, 1.807) is 4.68 Å². The molecule has 2 atom stereocenters. The van der Waals surface area contributed by atoms with Gasteiger partial charge in [0.05, 0.1) is 25.4 Å². The molecule has 3 aliphatic rings. The van der Waals surface area contributed by atoms with Gasteiger partial charge in [0.2, 0.25) is 5.91 Å². The van der Waals surface area contributed by atoms with Crippen molar-refractivity contribution < 1.29 is 9.53 Å². The van der Waals surface area contributed by atoms with Gasteiger partial charge in [-0.1, -0.05) is 0 Å². The van der Waals surface area contributed by atoms with E-state index in [1.165, 1.54) is 12.8 Å². The molecule has 3 fully saturated rings. The predicted molar refractivity (Wildman–Crippen MR) is 81.2 cm³/mol. The Labute approximate surface area is 131 Å². The van der Waals surface area contributed by atoms with Gasteiger partial charge in [0, 0.05) is 31.4 Å². The Morgan fingerprint density at radius 3 is 2.91 bits per heavy atom. The molecule has 6 nitrogen and oxygen atoms in total. The maximum Gasteiger partial charge on any atom is 0.240 e. The molecule has 1 aromatic heterocycles. The summed E-state index contributed by atoms with van der Waals surface area (Å²) in [4.78, 5) is 17.4. The molecule has 1 aliphatic carbocycles. The van der Waals surface area contributed by atoms with Crippen LogP contribution in [0.2, 0.25) is 0 Å². The van der Waals surface area contributed by atoms with Crippen LogP contribution in [-0.4, -0.2) is 63.8 Å². The number of carbonyl (C=O) groups is 1. The second-order valence-electron chi connectivity index (χ2n) is 6.72. The maximum absolute atomic E-state index is 12.9. The summed E-state index contributed by atoms with van der Waals surface area (Å²) in [7, 11) is 1.90. The first-order valence-electron chi connectivity index (χ1n) is 8.37. The van der Waals surface area contributed by atoms with Gasteiger partial charge in [0.15, 0.2) is 0 Å².